The van der Waals surface area contributed by atoms with Gasteiger partial charge in [-0.15, -0.1) is 0 Å². The molecule has 0 aliphatic carbocycles. The van der Waals surface area contributed by atoms with E-state index < -0.39 is 0 Å². The van der Waals surface area contributed by atoms with Crippen LogP contribution < -0.4 is 10.2 Å². The molecule has 4 heteroatoms. The van der Waals surface area contributed by atoms with Crippen LogP contribution in [-0.2, 0) is 16.0 Å². The van der Waals surface area contributed by atoms with Gasteiger partial charge < -0.3 is 10.2 Å². The van der Waals surface area contributed by atoms with Crippen molar-refractivity contribution in [3.8, 4) is 0 Å². The van der Waals surface area contributed by atoms with Crippen LogP contribution in [0.5, 0.6) is 0 Å². The molecule has 1 aromatic rings. The van der Waals surface area contributed by atoms with Crippen molar-refractivity contribution in [3.63, 3.8) is 0 Å². The molecule has 0 saturated heterocycles. The highest BCUT2D eigenvalue weighted by molar-refractivity contribution is 6.01. The Morgan fingerprint density at radius 1 is 1.39 bits per heavy atom. The molecule has 1 aliphatic heterocycles. The molecule has 0 bridgehead atoms. The lowest BCUT2D eigenvalue weighted by Crippen LogP contribution is -2.38. The standard InChI is InChI=1S/C14H18N2O2/c1-10(2)14(18)15-7-8-16-12-6-4-3-5-11(12)9-13(16)17/h3-6,10H,7-9H2,1-2H3,(H,15,18). The number of para-hydroxylation sites is 1. The van der Waals surface area contributed by atoms with Crippen LogP contribution in [0.25, 0.3) is 0 Å². The first kappa shape index (κ1) is 12.6. The second kappa shape index (κ2) is 5.21. The SMILES string of the molecule is CC(C)C(=O)NCCN1C(=O)Cc2ccccc21. The van der Waals surface area contributed by atoms with E-state index >= 15 is 0 Å². The lowest BCUT2D eigenvalue weighted by molar-refractivity contribution is -0.124. The normalized spacial score (nSPS) is 13.9. The molecule has 0 fully saturated rings. The van der Waals surface area contributed by atoms with Crippen molar-refractivity contribution >= 4 is 17.5 Å². The van der Waals surface area contributed by atoms with Gasteiger partial charge in [0.1, 0.15) is 0 Å². The van der Waals surface area contributed by atoms with E-state index in [1.165, 1.54) is 0 Å². The van der Waals surface area contributed by atoms with Gasteiger partial charge in [-0.25, -0.2) is 0 Å². The molecule has 96 valence electrons. The third-order valence-corrected chi connectivity index (χ3v) is 3.08. The first-order valence-corrected chi connectivity index (χ1v) is 6.25. The van der Waals surface area contributed by atoms with Crippen molar-refractivity contribution in [1.29, 1.82) is 0 Å². The predicted molar refractivity (Wildman–Crippen MR) is 70.3 cm³/mol. The Hall–Kier alpha value is -1.84. The molecule has 1 heterocycles. The molecule has 0 radical (unpaired) electrons. The fourth-order valence-corrected chi connectivity index (χ4v) is 2.06. The molecule has 1 N–H and O–H groups in total. The molecule has 18 heavy (non-hydrogen) atoms. The van der Waals surface area contributed by atoms with Crippen molar-refractivity contribution in [2.24, 2.45) is 5.92 Å². The van der Waals surface area contributed by atoms with E-state index in [1.54, 1.807) is 4.90 Å². The molecular formula is C14H18N2O2. The Bertz CT molecular complexity index is 469. The first-order valence-electron chi connectivity index (χ1n) is 6.25. The maximum atomic E-state index is 11.9. The molecule has 0 atom stereocenters. The largest absolute Gasteiger partial charge is 0.354 e. The monoisotopic (exact) mass is 246 g/mol. The summed E-state index contributed by atoms with van der Waals surface area (Å²) in [6, 6.07) is 7.79. The molecule has 2 amide bonds. The summed E-state index contributed by atoms with van der Waals surface area (Å²) in [6.07, 6.45) is 0.467. The van der Waals surface area contributed by atoms with E-state index in [4.69, 9.17) is 0 Å². The molecule has 0 spiro atoms. The van der Waals surface area contributed by atoms with Gasteiger partial charge in [0.25, 0.3) is 0 Å². The lowest BCUT2D eigenvalue weighted by Gasteiger charge is -2.18. The summed E-state index contributed by atoms with van der Waals surface area (Å²) < 4.78 is 0. The minimum absolute atomic E-state index is 0.0217. The Kier molecular flexibility index (Phi) is 3.65. The molecular weight excluding hydrogens is 228 g/mol. The molecule has 4 nitrogen and oxygen atoms in total. The Labute approximate surface area is 107 Å². The van der Waals surface area contributed by atoms with Gasteiger partial charge in [-0.1, -0.05) is 32.0 Å². The quantitative estimate of drug-likeness (QED) is 0.871. The average molecular weight is 246 g/mol. The van der Waals surface area contributed by atoms with Crippen LogP contribution in [0.3, 0.4) is 0 Å². The number of nitrogens with one attached hydrogen (secondary N) is 1. The summed E-state index contributed by atoms with van der Waals surface area (Å²) in [5.41, 5.74) is 2.04. The summed E-state index contributed by atoms with van der Waals surface area (Å²) >= 11 is 0. The molecule has 1 aliphatic rings. The predicted octanol–water partition coefficient (Wildman–Crippen LogP) is 1.35. The summed E-state index contributed by atoms with van der Waals surface area (Å²) in [6.45, 7) is 4.74. The van der Waals surface area contributed by atoms with E-state index in [0.29, 0.717) is 19.5 Å². The van der Waals surface area contributed by atoms with Crippen molar-refractivity contribution in [3.05, 3.63) is 29.8 Å². The van der Waals surface area contributed by atoms with Crippen molar-refractivity contribution in [2.75, 3.05) is 18.0 Å². The van der Waals surface area contributed by atoms with Gasteiger partial charge in [-0.3, -0.25) is 9.59 Å². The maximum absolute atomic E-state index is 11.9. The van der Waals surface area contributed by atoms with Gasteiger partial charge in [0, 0.05) is 24.7 Å². The van der Waals surface area contributed by atoms with E-state index in [2.05, 4.69) is 5.32 Å². The van der Waals surface area contributed by atoms with Crippen molar-refractivity contribution in [1.82, 2.24) is 5.32 Å². The average Bonchev–Trinajstić information content (AvgIpc) is 2.65. The van der Waals surface area contributed by atoms with Gasteiger partial charge >= 0.3 is 0 Å². The molecule has 0 aromatic heterocycles. The first-order chi connectivity index (χ1) is 8.59. The van der Waals surface area contributed by atoms with Gasteiger partial charge in [0.2, 0.25) is 11.8 Å². The van der Waals surface area contributed by atoms with Crippen LogP contribution in [-0.4, -0.2) is 24.9 Å². The number of hydrogen-bond donors (Lipinski definition) is 1. The van der Waals surface area contributed by atoms with E-state index in [-0.39, 0.29) is 17.7 Å². The molecule has 0 saturated carbocycles. The second-order valence-corrected chi connectivity index (χ2v) is 4.80. The lowest BCUT2D eigenvalue weighted by atomic mass is 10.2. The number of nitrogens with zero attached hydrogens (tertiary/aromatic N) is 1. The number of carbonyl (C=O) groups is 2. The van der Waals surface area contributed by atoms with E-state index in [9.17, 15) is 9.59 Å². The van der Waals surface area contributed by atoms with Crippen molar-refractivity contribution < 1.29 is 9.59 Å². The summed E-state index contributed by atoms with van der Waals surface area (Å²) in [4.78, 5) is 25.0. The zero-order chi connectivity index (χ0) is 13.1. The van der Waals surface area contributed by atoms with E-state index in [1.807, 2.05) is 38.1 Å². The van der Waals surface area contributed by atoms with Crippen LogP contribution in [0, 0.1) is 5.92 Å². The molecule has 1 aromatic carbocycles. The Balaban J connectivity index is 1.94. The van der Waals surface area contributed by atoms with Crippen LogP contribution in [0.1, 0.15) is 19.4 Å². The van der Waals surface area contributed by atoms with Gasteiger partial charge in [-0.2, -0.15) is 0 Å². The third-order valence-electron chi connectivity index (χ3n) is 3.08. The summed E-state index contributed by atoms with van der Waals surface area (Å²) in [5, 5.41) is 2.83. The third kappa shape index (κ3) is 2.53. The minimum atomic E-state index is -0.0217. The molecule has 2 rings (SSSR count). The number of amides is 2. The highest BCUT2D eigenvalue weighted by atomic mass is 16.2. The highest BCUT2D eigenvalue weighted by Gasteiger charge is 2.26. The number of anilines is 1. The highest BCUT2D eigenvalue weighted by Crippen LogP contribution is 2.27. The van der Waals surface area contributed by atoms with Crippen molar-refractivity contribution in [2.45, 2.75) is 20.3 Å². The van der Waals surface area contributed by atoms with E-state index in [0.717, 1.165) is 11.3 Å². The summed E-state index contributed by atoms with van der Waals surface area (Å²) in [7, 11) is 0. The number of hydrogen-bond acceptors (Lipinski definition) is 2. The number of fused-ring (bicyclic) bond motifs is 1. The number of benzene rings is 1. The second-order valence-electron chi connectivity index (χ2n) is 4.80. The van der Waals surface area contributed by atoms with Crippen LogP contribution in [0.15, 0.2) is 24.3 Å². The zero-order valence-corrected chi connectivity index (χ0v) is 10.8. The topological polar surface area (TPSA) is 49.4 Å². The van der Waals surface area contributed by atoms with Crippen LogP contribution in [0.4, 0.5) is 5.69 Å². The molecule has 0 unspecified atom stereocenters. The minimum Gasteiger partial charge on any atom is -0.354 e. The fraction of sp³-hybridized carbons (Fsp3) is 0.429. The zero-order valence-electron chi connectivity index (χ0n) is 10.8. The number of carbonyl (C=O) groups excluding carboxylic acids is 2. The maximum Gasteiger partial charge on any atom is 0.231 e. The summed E-state index contributed by atoms with van der Waals surface area (Å²) in [5.74, 6) is 0.108. The van der Waals surface area contributed by atoms with Crippen LogP contribution in [0.2, 0.25) is 0 Å². The smallest absolute Gasteiger partial charge is 0.231 e. The van der Waals surface area contributed by atoms with Crippen LogP contribution >= 0.6 is 0 Å². The number of rotatable bonds is 4. The fourth-order valence-electron chi connectivity index (χ4n) is 2.06. The Morgan fingerprint density at radius 2 is 2.11 bits per heavy atom. The van der Waals surface area contributed by atoms with Gasteiger partial charge in [0.15, 0.2) is 0 Å². The van der Waals surface area contributed by atoms with Gasteiger partial charge in [-0.05, 0) is 11.6 Å². The van der Waals surface area contributed by atoms with Gasteiger partial charge in [0.05, 0.1) is 6.42 Å². The Morgan fingerprint density at radius 3 is 2.83 bits per heavy atom.